The number of methoxy groups -OCH3 is 1. The van der Waals surface area contributed by atoms with Crippen LogP contribution in [0.25, 0.3) is 0 Å². The Morgan fingerprint density at radius 2 is 1.91 bits per heavy atom. The normalized spacial score (nSPS) is 10.2. The van der Waals surface area contributed by atoms with E-state index in [2.05, 4.69) is 35.9 Å². The van der Waals surface area contributed by atoms with Gasteiger partial charge in [-0.2, -0.15) is 0 Å². The van der Waals surface area contributed by atoms with Gasteiger partial charge in [0.15, 0.2) is 0 Å². The molecule has 0 amide bonds. The monoisotopic (exact) mass is 312 g/mol. The molecule has 1 aromatic carbocycles. The number of benzene rings is 1. The predicted molar refractivity (Wildman–Crippen MR) is 89.4 cm³/mol. The summed E-state index contributed by atoms with van der Waals surface area (Å²) in [5, 5.41) is 0. The molecule has 0 fully saturated rings. The van der Waals surface area contributed by atoms with E-state index in [0.717, 1.165) is 12.0 Å². The molecule has 2 rings (SSSR count). The second kappa shape index (κ2) is 8.16. The standard InChI is InChI=1S/C18H20N2O3/c1-3-4-5-14-6-8-15(9-7-14)10-11-16-12-20(13-23-2)18(22)19-17(16)21/h6-9,12H,3-5,13H2,1-2H3,(H,19,21,22). The molecule has 0 atom stereocenters. The van der Waals surface area contributed by atoms with Crippen LogP contribution in [0.2, 0.25) is 0 Å². The van der Waals surface area contributed by atoms with Gasteiger partial charge in [-0.3, -0.25) is 14.3 Å². The van der Waals surface area contributed by atoms with Gasteiger partial charge in [0.1, 0.15) is 12.3 Å². The average molecular weight is 312 g/mol. The number of H-pyrrole nitrogens is 1. The summed E-state index contributed by atoms with van der Waals surface area (Å²) in [7, 11) is 1.48. The van der Waals surface area contributed by atoms with Gasteiger partial charge in [-0.15, -0.1) is 0 Å². The van der Waals surface area contributed by atoms with E-state index in [1.165, 1.54) is 36.3 Å². The lowest BCUT2D eigenvalue weighted by Crippen LogP contribution is -2.31. The van der Waals surface area contributed by atoms with Crippen LogP contribution in [0, 0.1) is 11.8 Å². The van der Waals surface area contributed by atoms with Crippen LogP contribution in [-0.2, 0) is 17.9 Å². The molecule has 0 aliphatic carbocycles. The minimum Gasteiger partial charge on any atom is -0.364 e. The summed E-state index contributed by atoms with van der Waals surface area (Å²) in [6, 6.07) is 7.99. The Morgan fingerprint density at radius 3 is 2.57 bits per heavy atom. The molecule has 0 bridgehead atoms. The summed E-state index contributed by atoms with van der Waals surface area (Å²) >= 11 is 0. The van der Waals surface area contributed by atoms with E-state index >= 15 is 0 Å². The van der Waals surface area contributed by atoms with Crippen LogP contribution in [0.15, 0.2) is 40.1 Å². The molecule has 0 aliphatic heterocycles. The molecular weight excluding hydrogens is 292 g/mol. The molecule has 120 valence electrons. The third kappa shape index (κ3) is 4.70. The summed E-state index contributed by atoms with van der Waals surface area (Å²) in [5.41, 5.74) is 1.34. The van der Waals surface area contributed by atoms with E-state index in [1.54, 1.807) is 0 Å². The first-order chi connectivity index (χ1) is 11.1. The molecule has 0 unspecified atom stereocenters. The van der Waals surface area contributed by atoms with Crippen molar-refractivity contribution in [1.82, 2.24) is 9.55 Å². The number of aryl methyl sites for hydroxylation is 1. The van der Waals surface area contributed by atoms with Crippen LogP contribution in [-0.4, -0.2) is 16.7 Å². The van der Waals surface area contributed by atoms with Crippen molar-refractivity contribution in [2.24, 2.45) is 0 Å². The van der Waals surface area contributed by atoms with Gasteiger partial charge in [-0.05, 0) is 30.5 Å². The largest absolute Gasteiger partial charge is 0.364 e. The van der Waals surface area contributed by atoms with E-state index in [-0.39, 0.29) is 12.3 Å². The third-order valence-corrected chi connectivity index (χ3v) is 3.39. The highest BCUT2D eigenvalue weighted by molar-refractivity contribution is 5.41. The van der Waals surface area contributed by atoms with Crippen molar-refractivity contribution in [2.45, 2.75) is 32.9 Å². The van der Waals surface area contributed by atoms with Gasteiger partial charge >= 0.3 is 5.69 Å². The Morgan fingerprint density at radius 1 is 1.17 bits per heavy atom. The van der Waals surface area contributed by atoms with E-state index in [0.29, 0.717) is 0 Å². The lowest BCUT2D eigenvalue weighted by atomic mass is 10.1. The van der Waals surface area contributed by atoms with Gasteiger partial charge in [0.25, 0.3) is 5.56 Å². The number of hydrogen-bond donors (Lipinski definition) is 1. The Hall–Kier alpha value is -2.58. The van der Waals surface area contributed by atoms with Gasteiger partial charge in [0.2, 0.25) is 0 Å². The minimum absolute atomic E-state index is 0.0659. The molecule has 0 saturated heterocycles. The number of nitrogens with zero attached hydrogens (tertiary/aromatic N) is 1. The Balaban J connectivity index is 2.23. The third-order valence-electron chi connectivity index (χ3n) is 3.39. The maximum absolute atomic E-state index is 11.8. The molecule has 1 heterocycles. The summed E-state index contributed by atoms with van der Waals surface area (Å²) < 4.78 is 6.17. The number of ether oxygens (including phenoxy) is 1. The van der Waals surface area contributed by atoms with Gasteiger partial charge in [0, 0.05) is 18.9 Å². The highest BCUT2D eigenvalue weighted by atomic mass is 16.5. The van der Waals surface area contributed by atoms with Crippen LogP contribution in [0.1, 0.15) is 36.5 Å². The number of aromatic nitrogens is 2. The number of rotatable bonds is 5. The lowest BCUT2D eigenvalue weighted by Gasteiger charge is -2.02. The molecule has 0 radical (unpaired) electrons. The van der Waals surface area contributed by atoms with Crippen molar-refractivity contribution in [1.29, 1.82) is 0 Å². The summed E-state index contributed by atoms with van der Waals surface area (Å²) in [4.78, 5) is 25.6. The fraction of sp³-hybridized carbons (Fsp3) is 0.333. The molecule has 5 nitrogen and oxygen atoms in total. The van der Waals surface area contributed by atoms with Crippen molar-refractivity contribution in [3.8, 4) is 11.8 Å². The molecule has 2 aromatic rings. The van der Waals surface area contributed by atoms with Crippen molar-refractivity contribution < 1.29 is 4.74 Å². The van der Waals surface area contributed by atoms with Gasteiger partial charge in [-0.1, -0.05) is 37.3 Å². The van der Waals surface area contributed by atoms with E-state index in [4.69, 9.17) is 4.74 Å². The summed E-state index contributed by atoms with van der Waals surface area (Å²) in [6.07, 6.45) is 4.81. The van der Waals surface area contributed by atoms with Crippen LogP contribution in [0.5, 0.6) is 0 Å². The fourth-order valence-corrected chi connectivity index (χ4v) is 2.11. The number of hydrogen-bond acceptors (Lipinski definition) is 3. The predicted octanol–water partition coefficient (Wildman–Crippen LogP) is 1.88. The molecule has 1 N–H and O–H groups in total. The maximum atomic E-state index is 11.8. The average Bonchev–Trinajstić information content (AvgIpc) is 2.55. The number of aromatic amines is 1. The van der Waals surface area contributed by atoms with Crippen LogP contribution in [0.3, 0.4) is 0 Å². The first-order valence-electron chi connectivity index (χ1n) is 7.57. The van der Waals surface area contributed by atoms with Gasteiger partial charge in [-0.25, -0.2) is 4.79 Å². The first kappa shape index (κ1) is 16.8. The zero-order valence-electron chi connectivity index (χ0n) is 13.4. The van der Waals surface area contributed by atoms with E-state index in [1.807, 2.05) is 12.1 Å². The molecular formula is C18H20N2O3. The van der Waals surface area contributed by atoms with Crippen LogP contribution < -0.4 is 11.2 Å². The molecule has 0 spiro atoms. The topological polar surface area (TPSA) is 64.1 Å². The molecule has 0 saturated carbocycles. The SMILES string of the molecule is CCCCc1ccc(C#Cc2cn(COC)c(=O)[nH]c2=O)cc1. The zero-order valence-corrected chi connectivity index (χ0v) is 13.4. The second-order valence-electron chi connectivity index (χ2n) is 5.24. The lowest BCUT2D eigenvalue weighted by molar-refractivity contribution is 0.126. The summed E-state index contributed by atoms with van der Waals surface area (Å²) in [5.74, 6) is 5.76. The molecule has 1 aromatic heterocycles. The molecule has 0 aliphatic rings. The first-order valence-corrected chi connectivity index (χ1v) is 7.57. The second-order valence-corrected chi connectivity index (χ2v) is 5.24. The smallest absolute Gasteiger partial charge is 0.330 e. The highest BCUT2D eigenvalue weighted by Crippen LogP contribution is 2.07. The Bertz CT molecular complexity index is 820. The van der Waals surface area contributed by atoms with Gasteiger partial charge in [0.05, 0.1) is 0 Å². The van der Waals surface area contributed by atoms with Crippen LogP contribution >= 0.6 is 0 Å². The quantitative estimate of drug-likeness (QED) is 0.858. The maximum Gasteiger partial charge on any atom is 0.330 e. The van der Waals surface area contributed by atoms with Gasteiger partial charge < -0.3 is 4.74 Å². The van der Waals surface area contributed by atoms with Crippen molar-refractivity contribution in [3.05, 3.63) is 68.0 Å². The Labute approximate surface area is 134 Å². The van der Waals surface area contributed by atoms with Crippen LogP contribution in [0.4, 0.5) is 0 Å². The minimum atomic E-state index is -0.511. The van der Waals surface area contributed by atoms with Crippen molar-refractivity contribution in [2.75, 3.05) is 7.11 Å². The number of unbranched alkanes of at least 4 members (excludes halogenated alkanes) is 1. The molecule has 23 heavy (non-hydrogen) atoms. The van der Waals surface area contributed by atoms with Crippen molar-refractivity contribution in [3.63, 3.8) is 0 Å². The fourth-order valence-electron chi connectivity index (χ4n) is 2.11. The highest BCUT2D eigenvalue weighted by Gasteiger charge is 2.01. The number of nitrogens with one attached hydrogen (secondary N) is 1. The summed E-state index contributed by atoms with van der Waals surface area (Å²) in [6.45, 7) is 2.23. The molecule has 5 heteroatoms. The zero-order chi connectivity index (χ0) is 16.7. The Kier molecular flexibility index (Phi) is 5.95. The van der Waals surface area contributed by atoms with E-state index < -0.39 is 11.2 Å². The van der Waals surface area contributed by atoms with E-state index in [9.17, 15) is 9.59 Å². The van der Waals surface area contributed by atoms with Crippen molar-refractivity contribution >= 4 is 0 Å².